The third-order valence-corrected chi connectivity index (χ3v) is 5.45. The molecule has 0 amide bonds. The first-order valence-electron chi connectivity index (χ1n) is 6.87. The Morgan fingerprint density at radius 1 is 1.04 bits per heavy atom. The molecule has 2 aromatic rings. The van der Waals surface area contributed by atoms with Crippen molar-refractivity contribution in [1.82, 2.24) is 4.72 Å². The molecule has 0 saturated carbocycles. The molecule has 124 valence electrons. The van der Waals surface area contributed by atoms with Crippen molar-refractivity contribution in [2.24, 2.45) is 0 Å². The number of ether oxygens (including phenoxy) is 2. The molecule has 1 N–H and O–H groups in total. The van der Waals surface area contributed by atoms with Crippen molar-refractivity contribution in [3.63, 3.8) is 0 Å². The van der Waals surface area contributed by atoms with Crippen molar-refractivity contribution >= 4 is 26.0 Å². The largest absolute Gasteiger partial charge is 0.497 e. The highest BCUT2D eigenvalue weighted by Crippen LogP contribution is 2.29. The van der Waals surface area contributed by atoms with Crippen molar-refractivity contribution in [2.75, 3.05) is 14.2 Å². The van der Waals surface area contributed by atoms with E-state index in [1.54, 1.807) is 19.1 Å². The second-order valence-electron chi connectivity index (χ2n) is 4.91. The van der Waals surface area contributed by atoms with E-state index in [0.717, 1.165) is 10.0 Å². The highest BCUT2D eigenvalue weighted by Gasteiger charge is 2.23. The van der Waals surface area contributed by atoms with Gasteiger partial charge in [0.1, 0.15) is 16.4 Å². The van der Waals surface area contributed by atoms with Crippen LogP contribution >= 0.6 is 15.9 Å². The molecule has 1 atom stereocenters. The lowest BCUT2D eigenvalue weighted by Gasteiger charge is -2.17. The molecular formula is C16H18BrNO4S. The highest BCUT2D eigenvalue weighted by molar-refractivity contribution is 9.10. The molecule has 2 rings (SSSR count). The number of hydrogen-bond acceptors (Lipinski definition) is 4. The Kier molecular flexibility index (Phi) is 5.67. The van der Waals surface area contributed by atoms with Crippen LogP contribution in [0.5, 0.6) is 11.5 Å². The van der Waals surface area contributed by atoms with Gasteiger partial charge < -0.3 is 9.47 Å². The van der Waals surface area contributed by atoms with Gasteiger partial charge in [-0.15, -0.1) is 0 Å². The summed E-state index contributed by atoms with van der Waals surface area (Å²) in [5, 5.41) is 0. The fourth-order valence-electron chi connectivity index (χ4n) is 2.11. The Morgan fingerprint density at radius 2 is 1.70 bits per heavy atom. The molecule has 0 aromatic heterocycles. The summed E-state index contributed by atoms with van der Waals surface area (Å²) < 4.78 is 39.2. The van der Waals surface area contributed by atoms with Crippen LogP contribution in [0, 0.1) is 0 Å². The summed E-state index contributed by atoms with van der Waals surface area (Å²) in [5.74, 6) is 0.712. The van der Waals surface area contributed by atoms with Crippen LogP contribution in [0.25, 0.3) is 0 Å². The van der Waals surface area contributed by atoms with Crippen LogP contribution in [0.4, 0.5) is 0 Å². The van der Waals surface area contributed by atoms with Gasteiger partial charge in [-0.3, -0.25) is 0 Å². The van der Waals surface area contributed by atoms with Gasteiger partial charge in [-0.2, -0.15) is 0 Å². The maximum absolute atomic E-state index is 12.7. The van der Waals surface area contributed by atoms with Gasteiger partial charge in [-0.1, -0.05) is 28.1 Å². The molecule has 0 fully saturated rings. The zero-order chi connectivity index (χ0) is 17.0. The minimum atomic E-state index is -3.76. The summed E-state index contributed by atoms with van der Waals surface area (Å²) in [7, 11) is -0.848. The molecule has 0 aliphatic rings. The van der Waals surface area contributed by atoms with E-state index in [0.29, 0.717) is 5.75 Å². The summed E-state index contributed by atoms with van der Waals surface area (Å²) in [6.07, 6.45) is 0. The van der Waals surface area contributed by atoms with Crippen molar-refractivity contribution in [3.05, 3.63) is 52.5 Å². The summed E-state index contributed by atoms with van der Waals surface area (Å²) in [4.78, 5) is 0.0447. The quantitative estimate of drug-likeness (QED) is 0.806. The first-order chi connectivity index (χ1) is 10.9. The molecule has 5 nitrogen and oxygen atoms in total. The second-order valence-corrected chi connectivity index (χ2v) is 7.51. The van der Waals surface area contributed by atoms with Crippen LogP contribution in [0.2, 0.25) is 0 Å². The molecule has 0 aliphatic carbocycles. The minimum Gasteiger partial charge on any atom is -0.497 e. The van der Waals surface area contributed by atoms with Crippen LogP contribution < -0.4 is 14.2 Å². The molecule has 2 aromatic carbocycles. The minimum absolute atomic E-state index is 0.0447. The van der Waals surface area contributed by atoms with Gasteiger partial charge in [0, 0.05) is 16.6 Å². The average molecular weight is 400 g/mol. The smallest absolute Gasteiger partial charge is 0.244 e. The number of sulfonamides is 1. The van der Waals surface area contributed by atoms with Crippen LogP contribution in [0.15, 0.2) is 51.8 Å². The topological polar surface area (TPSA) is 64.6 Å². The number of nitrogens with one attached hydrogen (secondary N) is 1. The van der Waals surface area contributed by atoms with Gasteiger partial charge >= 0.3 is 0 Å². The van der Waals surface area contributed by atoms with Crippen LogP contribution in [0.1, 0.15) is 18.5 Å². The third kappa shape index (κ3) is 4.25. The zero-order valence-corrected chi connectivity index (χ0v) is 15.4. The first-order valence-corrected chi connectivity index (χ1v) is 9.15. The Morgan fingerprint density at radius 3 is 2.26 bits per heavy atom. The monoisotopic (exact) mass is 399 g/mol. The highest BCUT2D eigenvalue weighted by atomic mass is 79.9. The molecule has 0 unspecified atom stereocenters. The normalized spacial score (nSPS) is 12.7. The molecule has 23 heavy (non-hydrogen) atoms. The Hall–Kier alpha value is -1.57. The molecule has 0 bridgehead atoms. The van der Waals surface area contributed by atoms with Gasteiger partial charge in [0.15, 0.2) is 0 Å². The Bertz CT molecular complexity index is 775. The fourth-order valence-corrected chi connectivity index (χ4v) is 3.79. The number of halogens is 1. The summed E-state index contributed by atoms with van der Waals surface area (Å²) in [5.41, 5.74) is 0.860. The summed E-state index contributed by atoms with van der Waals surface area (Å²) >= 11 is 3.36. The summed E-state index contributed by atoms with van der Waals surface area (Å²) in [6, 6.07) is 11.7. The van der Waals surface area contributed by atoms with E-state index in [2.05, 4.69) is 20.7 Å². The predicted molar refractivity (Wildman–Crippen MR) is 92.4 cm³/mol. The molecule has 0 spiro atoms. The van der Waals surface area contributed by atoms with Gasteiger partial charge in [0.25, 0.3) is 0 Å². The number of hydrogen-bond donors (Lipinski definition) is 1. The van der Waals surface area contributed by atoms with E-state index in [1.165, 1.54) is 20.3 Å². The zero-order valence-electron chi connectivity index (χ0n) is 13.0. The van der Waals surface area contributed by atoms with E-state index in [1.807, 2.05) is 24.3 Å². The summed E-state index contributed by atoms with van der Waals surface area (Å²) in [6.45, 7) is 1.79. The van der Waals surface area contributed by atoms with Crippen LogP contribution in [-0.2, 0) is 10.0 Å². The van der Waals surface area contributed by atoms with Crippen LogP contribution in [-0.4, -0.2) is 22.6 Å². The molecule has 0 heterocycles. The first kappa shape index (κ1) is 17.8. The predicted octanol–water partition coefficient (Wildman–Crippen LogP) is 3.51. The Balaban J connectivity index is 2.33. The molecule has 0 radical (unpaired) electrons. The molecule has 0 saturated heterocycles. The van der Waals surface area contributed by atoms with Crippen molar-refractivity contribution in [3.8, 4) is 11.5 Å². The number of rotatable bonds is 6. The molecular weight excluding hydrogens is 382 g/mol. The van der Waals surface area contributed by atoms with E-state index in [9.17, 15) is 8.42 Å². The van der Waals surface area contributed by atoms with E-state index < -0.39 is 10.0 Å². The van der Waals surface area contributed by atoms with Crippen molar-refractivity contribution in [2.45, 2.75) is 17.9 Å². The maximum Gasteiger partial charge on any atom is 0.244 e. The lowest BCUT2D eigenvalue weighted by atomic mass is 10.1. The van der Waals surface area contributed by atoms with Crippen LogP contribution in [0.3, 0.4) is 0 Å². The lowest BCUT2D eigenvalue weighted by Crippen LogP contribution is -2.27. The fraction of sp³-hybridized carbons (Fsp3) is 0.250. The van der Waals surface area contributed by atoms with E-state index in [4.69, 9.17) is 9.47 Å². The standard InChI is InChI=1S/C16H18BrNO4S/c1-11(12-4-6-13(17)7-5-12)18-23(19,20)16-10-14(21-2)8-9-15(16)22-3/h4-11,18H,1-3H3/t11-/m1/s1. The number of methoxy groups -OCH3 is 2. The van der Waals surface area contributed by atoms with Crippen molar-refractivity contribution in [1.29, 1.82) is 0 Å². The van der Waals surface area contributed by atoms with Gasteiger partial charge in [0.05, 0.1) is 14.2 Å². The lowest BCUT2D eigenvalue weighted by molar-refractivity contribution is 0.391. The SMILES string of the molecule is COc1ccc(OC)c(S(=O)(=O)N[C@H](C)c2ccc(Br)cc2)c1. The Labute approximate surface area is 144 Å². The van der Waals surface area contributed by atoms with Gasteiger partial charge in [-0.05, 0) is 36.8 Å². The van der Waals surface area contributed by atoms with E-state index in [-0.39, 0.29) is 16.7 Å². The third-order valence-electron chi connectivity index (χ3n) is 3.36. The van der Waals surface area contributed by atoms with Gasteiger partial charge in [0.2, 0.25) is 10.0 Å². The maximum atomic E-state index is 12.7. The number of benzene rings is 2. The second kappa shape index (κ2) is 7.33. The molecule has 7 heteroatoms. The van der Waals surface area contributed by atoms with Gasteiger partial charge in [-0.25, -0.2) is 13.1 Å². The van der Waals surface area contributed by atoms with E-state index >= 15 is 0 Å². The van der Waals surface area contributed by atoms with Crippen molar-refractivity contribution < 1.29 is 17.9 Å². The molecule has 0 aliphatic heterocycles. The average Bonchev–Trinajstić information content (AvgIpc) is 2.54.